The lowest BCUT2D eigenvalue weighted by Crippen LogP contribution is -2.82. The maximum atomic E-state index is 5.92. The zero-order valence-corrected chi connectivity index (χ0v) is 15.9. The molecular weight excluding hydrogens is 346 g/mol. The van der Waals surface area contributed by atoms with E-state index in [-0.39, 0.29) is 0 Å². The zero-order valence-electron chi connectivity index (χ0n) is 15.0. The van der Waals surface area contributed by atoms with Crippen LogP contribution in [0.25, 0.3) is 0 Å². The fourth-order valence-electron chi connectivity index (χ4n) is 2.21. The molecule has 0 aliphatic rings. The van der Waals surface area contributed by atoms with Crippen molar-refractivity contribution in [3.05, 3.63) is 71.8 Å². The van der Waals surface area contributed by atoms with E-state index >= 15 is 0 Å². The van der Waals surface area contributed by atoms with Crippen LogP contribution in [0.1, 0.15) is 16.7 Å². The van der Waals surface area contributed by atoms with Gasteiger partial charge in [0.25, 0.3) is 0 Å². The van der Waals surface area contributed by atoms with Gasteiger partial charge in [-0.1, -0.05) is 30.3 Å². The molecule has 0 fully saturated rings. The van der Waals surface area contributed by atoms with Crippen LogP contribution in [-0.2, 0) is 6.61 Å². The van der Waals surface area contributed by atoms with Crippen molar-refractivity contribution in [1.82, 2.24) is 10.7 Å². The first-order valence-electron chi connectivity index (χ1n) is 8.23. The largest absolute Gasteiger partial charge is 0.493 e. The molecule has 2 aromatic rings. The van der Waals surface area contributed by atoms with Crippen LogP contribution in [0.4, 0.5) is 0 Å². The van der Waals surface area contributed by atoms with Crippen molar-refractivity contribution in [3.63, 3.8) is 0 Å². The van der Waals surface area contributed by atoms with Crippen LogP contribution in [-0.4, -0.2) is 25.0 Å². The van der Waals surface area contributed by atoms with Crippen LogP contribution >= 0.6 is 12.2 Å². The van der Waals surface area contributed by atoms with E-state index in [1.807, 2.05) is 30.3 Å². The summed E-state index contributed by atoms with van der Waals surface area (Å²) in [6.45, 7) is 6.79. The molecule has 0 unspecified atom stereocenters. The lowest BCUT2D eigenvalue weighted by Gasteiger charge is -2.12. The second kappa shape index (κ2) is 10.2. The molecule has 0 saturated carbocycles. The molecule has 136 valence electrons. The van der Waals surface area contributed by atoms with Gasteiger partial charge in [0, 0.05) is 12.1 Å². The highest BCUT2D eigenvalue weighted by Gasteiger charge is 2.07. The molecule has 0 spiro atoms. The van der Waals surface area contributed by atoms with Crippen molar-refractivity contribution in [3.8, 4) is 11.5 Å². The van der Waals surface area contributed by atoms with Gasteiger partial charge in [-0.2, -0.15) is 0 Å². The van der Waals surface area contributed by atoms with E-state index in [1.165, 1.54) is 5.56 Å². The fourth-order valence-corrected chi connectivity index (χ4v) is 2.36. The lowest BCUT2D eigenvalue weighted by atomic mass is 10.1. The Morgan fingerprint density at radius 3 is 2.77 bits per heavy atom. The minimum Gasteiger partial charge on any atom is -0.493 e. The number of ether oxygens (including phenoxy) is 2. The Morgan fingerprint density at radius 2 is 2.04 bits per heavy atom. The summed E-state index contributed by atoms with van der Waals surface area (Å²) in [5.74, 6) is 1.37. The number of nitrogens with one attached hydrogen (secondary N) is 3. The number of benzene rings is 2. The fraction of sp³-hybridized carbons (Fsp3) is 0.200. The molecule has 0 aliphatic carbocycles. The van der Waals surface area contributed by atoms with Gasteiger partial charge in [0.2, 0.25) is 5.11 Å². The summed E-state index contributed by atoms with van der Waals surface area (Å²) in [6.07, 6.45) is 3.52. The van der Waals surface area contributed by atoms with Crippen molar-refractivity contribution in [2.24, 2.45) is 0 Å². The number of hydrogen-bond acceptors (Lipinski definition) is 3. The Kier molecular flexibility index (Phi) is 7.64. The number of hydrogen-bond donors (Lipinski definition) is 3. The summed E-state index contributed by atoms with van der Waals surface area (Å²) < 4.78 is 11.4. The predicted octanol–water partition coefficient (Wildman–Crippen LogP) is 1.65. The summed E-state index contributed by atoms with van der Waals surface area (Å²) in [6, 6.07) is 13.9. The van der Waals surface area contributed by atoms with Crippen molar-refractivity contribution in [1.29, 1.82) is 0 Å². The van der Waals surface area contributed by atoms with Crippen molar-refractivity contribution < 1.29 is 14.6 Å². The number of methoxy groups -OCH3 is 1. The topological polar surface area (TPSA) is 56.5 Å². The Morgan fingerprint density at radius 1 is 1.23 bits per heavy atom. The first kappa shape index (κ1) is 19.5. The number of hydrazone groups is 1. The van der Waals surface area contributed by atoms with Crippen LogP contribution in [0, 0.1) is 6.92 Å². The predicted molar refractivity (Wildman–Crippen MR) is 109 cm³/mol. The third-order valence-electron chi connectivity index (χ3n) is 3.66. The van der Waals surface area contributed by atoms with E-state index in [0.29, 0.717) is 29.8 Å². The van der Waals surface area contributed by atoms with Crippen molar-refractivity contribution in [2.45, 2.75) is 13.5 Å². The Bertz CT molecular complexity index is 790. The first-order valence-corrected chi connectivity index (χ1v) is 8.63. The molecule has 0 heterocycles. The van der Waals surface area contributed by atoms with Gasteiger partial charge < -0.3 is 14.8 Å². The average Bonchev–Trinajstić information content (AvgIpc) is 2.66. The molecule has 3 N–H and O–H groups in total. The van der Waals surface area contributed by atoms with Gasteiger partial charge in [0.1, 0.15) is 6.61 Å². The molecule has 2 rings (SSSR count). The number of hydrazine groups is 1. The number of aryl methyl sites for hydroxylation is 1. The lowest BCUT2D eigenvalue weighted by molar-refractivity contribution is -0.500. The highest BCUT2D eigenvalue weighted by atomic mass is 32.1. The van der Waals surface area contributed by atoms with Crippen LogP contribution < -0.4 is 25.3 Å². The van der Waals surface area contributed by atoms with Gasteiger partial charge in [-0.25, -0.2) is 0 Å². The minimum absolute atomic E-state index is 0.492. The van der Waals surface area contributed by atoms with E-state index in [1.54, 1.807) is 19.4 Å². The maximum Gasteiger partial charge on any atom is 0.224 e. The molecule has 0 aromatic heterocycles. The molecule has 0 radical (unpaired) electrons. The highest BCUT2D eigenvalue weighted by molar-refractivity contribution is 7.80. The molecule has 0 aliphatic heterocycles. The molecule has 26 heavy (non-hydrogen) atoms. The molecular formula is C20H24N3O2S+. The molecule has 5 nitrogen and oxygen atoms in total. The molecule has 0 amide bonds. The van der Waals surface area contributed by atoms with Gasteiger partial charge in [-0.05, 0) is 48.5 Å². The summed E-state index contributed by atoms with van der Waals surface area (Å²) in [4.78, 5) is 0. The normalized spacial score (nSPS) is 10.4. The maximum absolute atomic E-state index is 5.92. The number of thiocarbonyl (C=S) groups is 1. The second-order valence-corrected chi connectivity index (χ2v) is 5.95. The van der Waals surface area contributed by atoms with Crippen molar-refractivity contribution in [2.75, 3.05) is 13.7 Å². The van der Waals surface area contributed by atoms with Crippen LogP contribution in [0.5, 0.6) is 11.5 Å². The van der Waals surface area contributed by atoms with Gasteiger partial charge in [0.15, 0.2) is 17.7 Å². The van der Waals surface area contributed by atoms with E-state index in [4.69, 9.17) is 21.7 Å². The average molecular weight is 370 g/mol. The first-order chi connectivity index (χ1) is 12.6. The van der Waals surface area contributed by atoms with Gasteiger partial charge in [-0.15, -0.1) is 17.1 Å². The van der Waals surface area contributed by atoms with E-state index in [2.05, 4.69) is 41.5 Å². The third-order valence-corrected chi connectivity index (χ3v) is 3.91. The second-order valence-electron chi connectivity index (χ2n) is 5.54. The van der Waals surface area contributed by atoms with Crippen LogP contribution in [0.15, 0.2) is 55.1 Å². The Labute approximate surface area is 159 Å². The van der Waals surface area contributed by atoms with Crippen molar-refractivity contribution >= 4 is 23.5 Å². The molecule has 6 heteroatoms. The van der Waals surface area contributed by atoms with Gasteiger partial charge in [0.05, 0.1) is 7.11 Å². The van der Waals surface area contributed by atoms with Gasteiger partial charge >= 0.3 is 0 Å². The quantitative estimate of drug-likeness (QED) is 0.286. The van der Waals surface area contributed by atoms with Crippen LogP contribution in [0.2, 0.25) is 0 Å². The smallest absolute Gasteiger partial charge is 0.224 e. The molecule has 0 saturated heterocycles. The molecule has 0 bridgehead atoms. The zero-order chi connectivity index (χ0) is 18.8. The summed E-state index contributed by atoms with van der Waals surface area (Å²) in [7, 11) is 1.62. The van der Waals surface area contributed by atoms with E-state index < -0.39 is 0 Å². The van der Waals surface area contributed by atoms with E-state index in [9.17, 15) is 0 Å². The van der Waals surface area contributed by atoms with E-state index in [0.717, 1.165) is 11.1 Å². The standard InChI is InChI=1S/C20H23N3O2S/c1-4-11-21-20(26)23-22-13-16-9-10-18(19(12-16)24-3)25-14-17-8-6-5-7-15(17)2/h4-10,12-13H,1,11,14H2,2-3H3,(H2,21,23,26)/p+1. The third kappa shape index (κ3) is 5.89. The molecule has 2 aromatic carbocycles. The highest BCUT2D eigenvalue weighted by Crippen LogP contribution is 2.28. The number of rotatable bonds is 8. The monoisotopic (exact) mass is 370 g/mol. The summed E-state index contributed by atoms with van der Waals surface area (Å²) >= 11 is 5.10. The summed E-state index contributed by atoms with van der Waals surface area (Å²) in [5.41, 5.74) is 6.14. The Hall–Kier alpha value is -2.86. The SMILES string of the molecule is C=CCNC(=S)N[NH+]=Cc1ccc(OCc2ccccc2C)c(OC)c1. The molecule has 0 atom stereocenters. The summed E-state index contributed by atoms with van der Waals surface area (Å²) in [5, 5.41) is 6.39. The minimum atomic E-state index is 0.492. The van der Waals surface area contributed by atoms with Gasteiger partial charge in [-0.3, -0.25) is 0 Å². The Balaban J connectivity index is 1.99. The van der Waals surface area contributed by atoms with Crippen LogP contribution in [0.3, 0.4) is 0 Å².